The van der Waals surface area contributed by atoms with Gasteiger partial charge in [-0.1, -0.05) is 19.3 Å². The van der Waals surface area contributed by atoms with Gasteiger partial charge in [-0.2, -0.15) is 0 Å². The Bertz CT molecular complexity index is 212. The lowest BCUT2D eigenvalue weighted by Crippen LogP contribution is -2.37. The van der Waals surface area contributed by atoms with E-state index in [-0.39, 0.29) is 5.91 Å². The third kappa shape index (κ3) is 2.72. The lowest BCUT2D eigenvalue weighted by molar-refractivity contribution is -0.123. The van der Waals surface area contributed by atoms with E-state index in [4.69, 9.17) is 5.73 Å². The van der Waals surface area contributed by atoms with E-state index >= 15 is 0 Å². The first kappa shape index (κ1) is 10.0. The quantitative estimate of drug-likeness (QED) is 0.707. The largest absolute Gasteiger partial charge is 0.351 e. The molecule has 0 aromatic heterocycles. The van der Waals surface area contributed by atoms with E-state index in [1.165, 1.54) is 26.3 Å². The van der Waals surface area contributed by atoms with Crippen molar-refractivity contribution in [3.05, 3.63) is 6.42 Å². The molecular formula is C9H15N2O2. The minimum Gasteiger partial charge on any atom is -0.351 e. The molecule has 0 aliphatic heterocycles. The molecule has 4 heteroatoms. The first-order valence-corrected chi connectivity index (χ1v) is 4.51. The minimum absolute atomic E-state index is 0.292. The van der Waals surface area contributed by atoms with Gasteiger partial charge in [-0.25, -0.2) is 4.79 Å². The number of rotatable bonds is 3. The third-order valence-corrected chi connectivity index (χ3v) is 2.51. The molecule has 73 valence electrons. The highest BCUT2D eigenvalue weighted by Gasteiger charge is 2.20. The van der Waals surface area contributed by atoms with Crippen molar-refractivity contribution in [2.45, 2.75) is 25.7 Å². The fourth-order valence-corrected chi connectivity index (χ4v) is 1.24. The van der Waals surface area contributed by atoms with Crippen LogP contribution in [0.3, 0.4) is 0 Å². The number of hydrogen-bond donors (Lipinski definition) is 1. The van der Waals surface area contributed by atoms with Crippen LogP contribution in [0.15, 0.2) is 0 Å². The summed E-state index contributed by atoms with van der Waals surface area (Å²) in [6, 6.07) is -0.699. The summed E-state index contributed by atoms with van der Waals surface area (Å²) in [5.41, 5.74) is 4.94. The minimum atomic E-state index is -0.699. The van der Waals surface area contributed by atoms with Crippen molar-refractivity contribution < 1.29 is 9.59 Å². The predicted octanol–water partition coefficient (Wildman–Crippen LogP) is 0.918. The third-order valence-electron chi connectivity index (χ3n) is 2.51. The van der Waals surface area contributed by atoms with Gasteiger partial charge in [0.2, 0.25) is 5.91 Å². The highest BCUT2D eigenvalue weighted by Crippen LogP contribution is 2.30. The van der Waals surface area contributed by atoms with Crippen molar-refractivity contribution in [3.63, 3.8) is 0 Å². The maximum Gasteiger partial charge on any atom is 0.321 e. The van der Waals surface area contributed by atoms with Crippen molar-refractivity contribution in [2.24, 2.45) is 11.7 Å². The average Bonchev–Trinajstić information content (AvgIpc) is 1.99. The van der Waals surface area contributed by atoms with Gasteiger partial charge in [0.25, 0.3) is 0 Å². The summed E-state index contributed by atoms with van der Waals surface area (Å²) in [6.07, 6.45) is 5.98. The lowest BCUT2D eigenvalue weighted by Gasteiger charge is -2.25. The molecule has 0 unspecified atom stereocenters. The summed E-state index contributed by atoms with van der Waals surface area (Å²) in [5, 5.41) is 0. The summed E-state index contributed by atoms with van der Waals surface area (Å²) in [5.74, 6) is 0.352. The van der Waals surface area contributed by atoms with Gasteiger partial charge in [0.05, 0.1) is 6.42 Å². The number of primary amides is 1. The molecule has 0 heterocycles. The number of carbonyl (C=O) groups excluding carboxylic acids is 2. The Balaban J connectivity index is 2.19. The fourth-order valence-electron chi connectivity index (χ4n) is 1.24. The zero-order valence-electron chi connectivity index (χ0n) is 7.82. The Morgan fingerprint density at radius 2 is 2.15 bits per heavy atom. The molecule has 3 amide bonds. The Morgan fingerprint density at radius 3 is 2.54 bits per heavy atom. The first-order chi connectivity index (χ1) is 6.11. The van der Waals surface area contributed by atoms with Crippen LogP contribution in [0.2, 0.25) is 0 Å². The first-order valence-electron chi connectivity index (χ1n) is 4.51. The van der Waals surface area contributed by atoms with E-state index in [0.717, 1.165) is 11.3 Å². The van der Waals surface area contributed by atoms with Crippen LogP contribution in [0.5, 0.6) is 0 Å². The zero-order chi connectivity index (χ0) is 9.84. The molecule has 1 aliphatic carbocycles. The van der Waals surface area contributed by atoms with Crippen LogP contribution in [-0.2, 0) is 4.79 Å². The average molecular weight is 183 g/mol. The van der Waals surface area contributed by atoms with Gasteiger partial charge in [0, 0.05) is 7.05 Å². The fraction of sp³-hybridized carbons (Fsp3) is 0.667. The van der Waals surface area contributed by atoms with Crippen molar-refractivity contribution in [1.82, 2.24) is 4.90 Å². The van der Waals surface area contributed by atoms with Gasteiger partial charge in [0.1, 0.15) is 0 Å². The molecule has 1 fully saturated rings. The summed E-state index contributed by atoms with van der Waals surface area (Å²) < 4.78 is 0. The van der Waals surface area contributed by atoms with Gasteiger partial charge in [-0.15, -0.1) is 0 Å². The van der Waals surface area contributed by atoms with E-state index in [2.05, 4.69) is 0 Å². The monoisotopic (exact) mass is 183 g/mol. The lowest BCUT2D eigenvalue weighted by atomic mass is 9.82. The molecule has 1 aliphatic rings. The number of nitrogens with zero attached hydrogens (tertiary/aromatic N) is 1. The number of hydrogen-bond acceptors (Lipinski definition) is 2. The van der Waals surface area contributed by atoms with E-state index in [1.54, 1.807) is 6.42 Å². The van der Waals surface area contributed by atoms with Crippen LogP contribution < -0.4 is 5.73 Å². The molecule has 0 atom stereocenters. The molecule has 1 rings (SSSR count). The van der Waals surface area contributed by atoms with E-state index < -0.39 is 6.03 Å². The van der Waals surface area contributed by atoms with E-state index in [1.807, 2.05) is 0 Å². The van der Waals surface area contributed by atoms with Crippen LogP contribution in [0.25, 0.3) is 0 Å². The summed E-state index contributed by atoms with van der Waals surface area (Å²) in [6.45, 7) is 0. The van der Waals surface area contributed by atoms with Crippen LogP contribution in [0.1, 0.15) is 25.7 Å². The van der Waals surface area contributed by atoms with Gasteiger partial charge >= 0.3 is 6.03 Å². The maximum absolute atomic E-state index is 11.2. The Labute approximate surface area is 78.1 Å². The van der Waals surface area contributed by atoms with Crippen LogP contribution in [0.4, 0.5) is 4.79 Å². The van der Waals surface area contributed by atoms with Gasteiger partial charge in [-0.05, 0) is 12.3 Å². The van der Waals surface area contributed by atoms with Crippen molar-refractivity contribution in [2.75, 3.05) is 7.05 Å². The second-order valence-corrected chi connectivity index (χ2v) is 3.47. The molecule has 2 N–H and O–H groups in total. The molecule has 0 aromatic carbocycles. The summed E-state index contributed by atoms with van der Waals surface area (Å²) >= 11 is 0. The molecule has 4 nitrogen and oxygen atoms in total. The normalized spacial score (nSPS) is 16.4. The zero-order valence-corrected chi connectivity index (χ0v) is 7.82. The molecule has 0 saturated heterocycles. The molecule has 0 aromatic rings. The number of carbonyl (C=O) groups is 2. The smallest absolute Gasteiger partial charge is 0.321 e. The highest BCUT2D eigenvalue weighted by atomic mass is 16.2. The highest BCUT2D eigenvalue weighted by molar-refractivity contribution is 5.97. The molecule has 0 bridgehead atoms. The summed E-state index contributed by atoms with van der Waals surface area (Å²) in [7, 11) is 1.39. The second kappa shape index (κ2) is 4.25. The summed E-state index contributed by atoms with van der Waals surface area (Å²) in [4.78, 5) is 22.7. The van der Waals surface area contributed by atoms with Crippen molar-refractivity contribution >= 4 is 11.9 Å². The van der Waals surface area contributed by atoms with Crippen molar-refractivity contribution in [1.29, 1.82) is 0 Å². The van der Waals surface area contributed by atoms with Crippen LogP contribution >= 0.6 is 0 Å². The van der Waals surface area contributed by atoms with Crippen LogP contribution in [0, 0.1) is 12.3 Å². The Hall–Kier alpha value is -1.06. The number of amides is 3. The number of nitrogens with two attached hydrogens (primary N) is 1. The van der Waals surface area contributed by atoms with Gasteiger partial charge < -0.3 is 5.73 Å². The number of imide groups is 1. The number of urea groups is 1. The maximum atomic E-state index is 11.2. The molecule has 1 radical (unpaired) electrons. The van der Waals surface area contributed by atoms with Gasteiger partial charge in [-0.3, -0.25) is 9.69 Å². The van der Waals surface area contributed by atoms with Crippen LogP contribution in [-0.4, -0.2) is 23.9 Å². The van der Waals surface area contributed by atoms with Crippen molar-refractivity contribution in [3.8, 4) is 0 Å². The second-order valence-electron chi connectivity index (χ2n) is 3.47. The van der Waals surface area contributed by atoms with Gasteiger partial charge in [0.15, 0.2) is 0 Å². The standard InChI is InChI=1S/C9H15N2O2/c1-11(9(10)13)8(12)6-5-7-3-2-4-7/h6-7H,2-5H2,1H3,(H2,10,13). The molecular weight excluding hydrogens is 168 g/mol. The Morgan fingerprint density at radius 1 is 1.54 bits per heavy atom. The molecule has 0 spiro atoms. The van der Waals surface area contributed by atoms with E-state index in [0.29, 0.717) is 5.92 Å². The topological polar surface area (TPSA) is 63.4 Å². The molecule has 13 heavy (non-hydrogen) atoms. The predicted molar refractivity (Wildman–Crippen MR) is 48.6 cm³/mol. The SMILES string of the molecule is CN(C(N)=O)C(=O)[CH]CC1CCC1. The van der Waals surface area contributed by atoms with E-state index in [9.17, 15) is 9.59 Å². The Kier molecular flexibility index (Phi) is 3.28. The molecule has 1 saturated carbocycles.